The number of nitrogens with zero attached hydrogens (tertiary/aromatic N) is 1. The van der Waals surface area contributed by atoms with E-state index in [1.807, 2.05) is 24.3 Å². The van der Waals surface area contributed by atoms with Crippen molar-refractivity contribution in [3.63, 3.8) is 0 Å². The molecule has 2 amide bonds. The molecule has 0 aliphatic carbocycles. The Hall–Kier alpha value is -1.88. The SMILES string of the molecule is CN(C)C(=O)[C@@H]1CNC[C@@]12CCc1ccccc1C(=O)N2. The third-order valence-corrected chi connectivity index (χ3v) is 4.66. The predicted molar refractivity (Wildman–Crippen MR) is 80.0 cm³/mol. The first-order chi connectivity index (χ1) is 10.0. The van der Waals surface area contributed by atoms with Crippen LogP contribution in [0.25, 0.3) is 0 Å². The van der Waals surface area contributed by atoms with E-state index in [0.717, 1.165) is 24.0 Å². The number of aryl methyl sites for hydroxylation is 1. The summed E-state index contributed by atoms with van der Waals surface area (Å²) in [5.41, 5.74) is 1.32. The summed E-state index contributed by atoms with van der Waals surface area (Å²) in [7, 11) is 3.53. The van der Waals surface area contributed by atoms with Crippen LogP contribution in [0, 0.1) is 5.92 Å². The van der Waals surface area contributed by atoms with Gasteiger partial charge in [-0.2, -0.15) is 0 Å². The van der Waals surface area contributed by atoms with Crippen LogP contribution in [0.15, 0.2) is 24.3 Å². The van der Waals surface area contributed by atoms with Gasteiger partial charge < -0.3 is 15.5 Å². The van der Waals surface area contributed by atoms with Crippen LogP contribution in [0.3, 0.4) is 0 Å². The number of benzene rings is 1. The van der Waals surface area contributed by atoms with Gasteiger partial charge in [0.1, 0.15) is 0 Å². The first-order valence-electron chi connectivity index (χ1n) is 7.36. The fourth-order valence-corrected chi connectivity index (χ4v) is 3.46. The van der Waals surface area contributed by atoms with Crippen molar-refractivity contribution in [2.45, 2.75) is 18.4 Å². The first kappa shape index (κ1) is 14.1. The molecule has 5 heteroatoms. The molecule has 1 aromatic rings. The molecule has 1 saturated heterocycles. The minimum atomic E-state index is -0.475. The third kappa shape index (κ3) is 2.31. The quantitative estimate of drug-likeness (QED) is 0.786. The van der Waals surface area contributed by atoms with Crippen molar-refractivity contribution in [2.24, 2.45) is 5.92 Å². The lowest BCUT2D eigenvalue weighted by Crippen LogP contribution is -2.57. The highest BCUT2D eigenvalue weighted by molar-refractivity contribution is 5.97. The standard InChI is InChI=1S/C16H21N3O2/c1-19(2)15(21)13-9-17-10-16(13)8-7-11-5-3-4-6-12(11)14(20)18-16/h3-6,13,17H,7-10H2,1-2H3,(H,18,20)/t13-,16-/m0/s1. The second kappa shape index (κ2) is 5.15. The Morgan fingerprint density at radius 3 is 2.86 bits per heavy atom. The van der Waals surface area contributed by atoms with E-state index in [0.29, 0.717) is 13.1 Å². The van der Waals surface area contributed by atoms with Crippen molar-refractivity contribution in [2.75, 3.05) is 27.2 Å². The number of hydrogen-bond acceptors (Lipinski definition) is 3. The van der Waals surface area contributed by atoms with Gasteiger partial charge in [-0.25, -0.2) is 0 Å². The molecule has 0 radical (unpaired) electrons. The fourth-order valence-electron chi connectivity index (χ4n) is 3.46. The highest BCUT2D eigenvalue weighted by Crippen LogP contribution is 2.32. The summed E-state index contributed by atoms with van der Waals surface area (Å²) in [6, 6.07) is 7.69. The molecule has 2 atom stereocenters. The number of carbonyl (C=O) groups excluding carboxylic acids is 2. The first-order valence-corrected chi connectivity index (χ1v) is 7.36. The average molecular weight is 287 g/mol. The monoisotopic (exact) mass is 287 g/mol. The Morgan fingerprint density at radius 2 is 2.10 bits per heavy atom. The lowest BCUT2D eigenvalue weighted by molar-refractivity contribution is -0.134. The van der Waals surface area contributed by atoms with Crippen LogP contribution in [-0.2, 0) is 11.2 Å². The second-order valence-electron chi connectivity index (χ2n) is 6.18. The zero-order valence-electron chi connectivity index (χ0n) is 12.5. The van der Waals surface area contributed by atoms with E-state index < -0.39 is 5.54 Å². The minimum Gasteiger partial charge on any atom is -0.348 e. The maximum atomic E-state index is 12.5. The average Bonchev–Trinajstić information content (AvgIpc) is 2.81. The van der Waals surface area contributed by atoms with E-state index in [1.165, 1.54) is 0 Å². The van der Waals surface area contributed by atoms with E-state index in [2.05, 4.69) is 10.6 Å². The number of fused-ring (bicyclic) bond motifs is 1. The molecular formula is C16H21N3O2. The van der Waals surface area contributed by atoms with Gasteiger partial charge in [0.05, 0.1) is 11.5 Å². The molecular weight excluding hydrogens is 266 g/mol. The Balaban J connectivity index is 1.93. The van der Waals surface area contributed by atoms with Crippen molar-refractivity contribution < 1.29 is 9.59 Å². The van der Waals surface area contributed by atoms with Gasteiger partial charge in [-0.1, -0.05) is 18.2 Å². The molecule has 3 rings (SSSR count). The van der Waals surface area contributed by atoms with Gasteiger partial charge in [-0.15, -0.1) is 0 Å². The zero-order valence-corrected chi connectivity index (χ0v) is 12.5. The molecule has 2 N–H and O–H groups in total. The smallest absolute Gasteiger partial charge is 0.252 e. The van der Waals surface area contributed by atoms with Gasteiger partial charge in [-0.05, 0) is 24.5 Å². The van der Waals surface area contributed by atoms with Crippen LogP contribution in [0.1, 0.15) is 22.3 Å². The molecule has 1 fully saturated rings. The van der Waals surface area contributed by atoms with Crippen LogP contribution < -0.4 is 10.6 Å². The van der Waals surface area contributed by atoms with E-state index in [4.69, 9.17) is 0 Å². The van der Waals surface area contributed by atoms with E-state index in [9.17, 15) is 9.59 Å². The number of hydrogen-bond donors (Lipinski definition) is 2. The van der Waals surface area contributed by atoms with Crippen molar-refractivity contribution >= 4 is 11.8 Å². The van der Waals surface area contributed by atoms with E-state index in [1.54, 1.807) is 19.0 Å². The summed E-state index contributed by atoms with van der Waals surface area (Å²) < 4.78 is 0. The van der Waals surface area contributed by atoms with Crippen molar-refractivity contribution in [1.29, 1.82) is 0 Å². The van der Waals surface area contributed by atoms with Gasteiger partial charge in [0.25, 0.3) is 5.91 Å². The molecule has 21 heavy (non-hydrogen) atoms. The Morgan fingerprint density at radius 1 is 1.33 bits per heavy atom. The molecule has 5 nitrogen and oxygen atoms in total. The molecule has 112 valence electrons. The minimum absolute atomic E-state index is 0.0663. The normalized spacial score (nSPS) is 27.9. The van der Waals surface area contributed by atoms with Crippen LogP contribution in [-0.4, -0.2) is 49.4 Å². The summed E-state index contributed by atoms with van der Waals surface area (Å²) in [6.45, 7) is 1.27. The highest BCUT2D eigenvalue weighted by atomic mass is 16.2. The summed E-state index contributed by atoms with van der Waals surface area (Å²) in [4.78, 5) is 26.6. The molecule has 2 heterocycles. The third-order valence-electron chi connectivity index (χ3n) is 4.66. The topological polar surface area (TPSA) is 61.4 Å². The largest absolute Gasteiger partial charge is 0.348 e. The van der Waals surface area contributed by atoms with Gasteiger partial charge in [0, 0.05) is 32.7 Å². The molecule has 1 aromatic carbocycles. The zero-order chi connectivity index (χ0) is 15.0. The van der Waals surface area contributed by atoms with Crippen LogP contribution in [0.2, 0.25) is 0 Å². The number of carbonyl (C=O) groups is 2. The van der Waals surface area contributed by atoms with Crippen LogP contribution in [0.4, 0.5) is 0 Å². The summed E-state index contributed by atoms with van der Waals surface area (Å²) in [5, 5.41) is 6.43. The molecule has 2 aliphatic heterocycles. The van der Waals surface area contributed by atoms with Crippen molar-refractivity contribution in [1.82, 2.24) is 15.5 Å². The predicted octanol–water partition coefficient (Wildman–Crippen LogP) is 0.409. The van der Waals surface area contributed by atoms with E-state index >= 15 is 0 Å². The second-order valence-corrected chi connectivity index (χ2v) is 6.18. The van der Waals surface area contributed by atoms with Crippen LogP contribution in [0.5, 0.6) is 0 Å². The van der Waals surface area contributed by atoms with Crippen molar-refractivity contribution in [3.8, 4) is 0 Å². The van der Waals surface area contributed by atoms with E-state index in [-0.39, 0.29) is 17.7 Å². The maximum absolute atomic E-state index is 12.5. The highest BCUT2D eigenvalue weighted by Gasteiger charge is 2.49. The fraction of sp³-hybridized carbons (Fsp3) is 0.500. The Bertz CT molecular complexity index is 585. The van der Waals surface area contributed by atoms with Crippen molar-refractivity contribution in [3.05, 3.63) is 35.4 Å². The molecule has 0 saturated carbocycles. The van der Waals surface area contributed by atoms with Gasteiger partial charge in [0.15, 0.2) is 0 Å². The lowest BCUT2D eigenvalue weighted by Gasteiger charge is -2.34. The summed E-state index contributed by atoms with van der Waals surface area (Å²) in [5.74, 6) is -0.194. The molecule has 2 aliphatic rings. The Labute approximate surface area is 124 Å². The van der Waals surface area contributed by atoms with Gasteiger partial charge in [0.2, 0.25) is 5.91 Å². The number of nitrogens with one attached hydrogen (secondary N) is 2. The lowest BCUT2D eigenvalue weighted by atomic mass is 9.82. The molecule has 0 aromatic heterocycles. The van der Waals surface area contributed by atoms with Crippen LogP contribution >= 0.6 is 0 Å². The molecule has 1 spiro atoms. The summed E-state index contributed by atoms with van der Waals surface area (Å²) >= 11 is 0. The van der Waals surface area contributed by atoms with Gasteiger partial charge in [-0.3, -0.25) is 9.59 Å². The summed E-state index contributed by atoms with van der Waals surface area (Å²) in [6.07, 6.45) is 1.60. The van der Waals surface area contributed by atoms with Gasteiger partial charge >= 0.3 is 0 Å². The maximum Gasteiger partial charge on any atom is 0.252 e. The number of rotatable bonds is 1. The molecule has 0 unspecified atom stereocenters. The Kier molecular flexibility index (Phi) is 3.45. The molecule has 0 bridgehead atoms. The number of amides is 2.